The second-order valence-electron chi connectivity index (χ2n) is 23.1. The molecule has 3 unspecified atom stereocenters. The third-order valence-electron chi connectivity index (χ3n) is 16.1. The molecule has 0 amide bonds. The third kappa shape index (κ3) is 19.3. The lowest BCUT2D eigenvalue weighted by Crippen LogP contribution is -2.36. The summed E-state index contributed by atoms with van der Waals surface area (Å²) in [5, 5.41) is 22.2. The number of methoxy groups -OCH3 is 4. The first-order valence-corrected chi connectivity index (χ1v) is 37.0. The summed E-state index contributed by atoms with van der Waals surface area (Å²) in [6.07, 6.45) is 0. The molecule has 0 saturated carbocycles. The van der Waals surface area contributed by atoms with Crippen LogP contribution >= 0.6 is 34.3 Å². The maximum Gasteiger partial charge on any atom is 0.341 e. The number of carboxylic acid groups (broad SMARTS) is 2. The van der Waals surface area contributed by atoms with Gasteiger partial charge in [-0.15, -0.1) is 0 Å². The molecule has 1 aliphatic rings. The van der Waals surface area contributed by atoms with E-state index < -0.39 is 47.3 Å². The predicted octanol–water partition coefficient (Wildman–Crippen LogP) is 7.86. The highest BCUT2D eigenvalue weighted by molar-refractivity contribution is 7.78. The number of isothiocyanates is 1. The van der Waals surface area contributed by atoms with Crippen LogP contribution in [0.1, 0.15) is 50.3 Å². The SMILES string of the molecule is COc1cc(OC)c(C#Cc2cc(CN3CCN(Cc4cc(C#Cc5ccc(N=C=S)cc5)cc(P(=O)(O)c5ccccc5)c4)CCN(Cc4cc(C#Cc5c(OC)cc(OC)cc5OCC(=O)O)cc(P(=O)(O)c5ccccc5)n4)CC3)nc(P(=O)(O)c3ccccc3)c2)c(OCC(=O)O)c1. The maximum atomic E-state index is 14.8. The molecular formula is C76H69N6O16P3S. The van der Waals surface area contributed by atoms with Gasteiger partial charge in [-0.05, 0) is 121 Å². The van der Waals surface area contributed by atoms with Crippen LogP contribution in [0.25, 0.3) is 0 Å². The molecule has 10 rings (SSSR count). The van der Waals surface area contributed by atoms with Crippen molar-refractivity contribution in [1.82, 2.24) is 24.7 Å². The van der Waals surface area contributed by atoms with Crippen molar-refractivity contribution in [3.05, 3.63) is 232 Å². The number of hydrogen-bond donors (Lipinski definition) is 5. The molecule has 0 bridgehead atoms. The van der Waals surface area contributed by atoms with E-state index >= 15 is 0 Å². The highest BCUT2D eigenvalue weighted by Crippen LogP contribution is 2.41. The van der Waals surface area contributed by atoms with Crippen molar-refractivity contribution in [2.75, 3.05) is 80.9 Å². The van der Waals surface area contributed by atoms with Gasteiger partial charge in [-0.25, -0.2) is 19.6 Å². The molecule has 1 aliphatic heterocycles. The average Bonchev–Trinajstić information content (AvgIpc) is 0.824. The summed E-state index contributed by atoms with van der Waals surface area (Å²) in [4.78, 5) is 79.9. The molecule has 1 fully saturated rings. The van der Waals surface area contributed by atoms with Gasteiger partial charge in [-0.1, -0.05) is 90.1 Å². The smallest absolute Gasteiger partial charge is 0.341 e. The van der Waals surface area contributed by atoms with Crippen LogP contribution in [0.4, 0.5) is 5.69 Å². The first-order chi connectivity index (χ1) is 49.1. The lowest BCUT2D eigenvalue weighted by Gasteiger charge is -2.26. The number of ether oxygens (including phenoxy) is 6. The normalized spacial score (nSPS) is 14.3. The number of rotatable bonds is 23. The second kappa shape index (κ2) is 34.2. The van der Waals surface area contributed by atoms with Crippen LogP contribution in [0, 0.1) is 35.5 Å². The Labute approximate surface area is 595 Å². The summed E-state index contributed by atoms with van der Waals surface area (Å²) < 4.78 is 77.8. The van der Waals surface area contributed by atoms with Gasteiger partial charge in [0.15, 0.2) is 13.2 Å². The van der Waals surface area contributed by atoms with Crippen molar-refractivity contribution in [1.29, 1.82) is 0 Å². The van der Waals surface area contributed by atoms with Crippen LogP contribution in [-0.4, -0.2) is 148 Å². The van der Waals surface area contributed by atoms with E-state index in [1.807, 2.05) is 6.07 Å². The standard InChI is InChI=1S/C76H69N6O16P3S/c1-93-61-43-69(95-3)67(71(45-61)97-50-75(83)84)28-24-55-37-59(78-73(41-55)100(89,90)64-16-10-6-11-17-64)48-81-32-30-80(47-57-36-54(21-20-53-22-26-58(27-23-53)77-52-102)39-66(40-57)99(87,88)63-14-8-5-9-15-63)31-33-82(35-34-81)49-60-38-56(42-74(79-60)101(91,92)65-18-12-7-13-19-65)25-29-68-70(96-4)44-62(94-2)46-72(68)98-51-76(85)86/h5-19,22-23,26-27,36-46H,30-35,47-51H2,1-4H3,(H,83,84)(H,85,86)(H,87,88)(H,89,90)(H,91,92). The first kappa shape index (κ1) is 74.2. The van der Waals surface area contributed by atoms with E-state index in [0.29, 0.717) is 84.5 Å². The number of nitrogens with zero attached hydrogens (tertiary/aromatic N) is 6. The maximum absolute atomic E-state index is 14.8. The van der Waals surface area contributed by atoms with Crippen LogP contribution in [0.2, 0.25) is 0 Å². The van der Waals surface area contributed by atoms with Crippen LogP contribution in [0.3, 0.4) is 0 Å². The summed E-state index contributed by atoms with van der Waals surface area (Å²) >= 11 is 4.79. The van der Waals surface area contributed by atoms with Gasteiger partial charge in [0.2, 0.25) is 0 Å². The quantitative estimate of drug-likeness (QED) is 0.0176. The number of carbonyl (C=O) groups is 2. The molecule has 7 aromatic carbocycles. The minimum atomic E-state index is -4.42. The summed E-state index contributed by atoms with van der Waals surface area (Å²) in [6, 6.07) is 49.3. The van der Waals surface area contributed by atoms with Crippen molar-refractivity contribution in [3.63, 3.8) is 0 Å². The fraction of sp³-hybridized carbons (Fsp3) is 0.197. The van der Waals surface area contributed by atoms with Gasteiger partial charge in [-0.2, -0.15) is 4.99 Å². The molecule has 3 heterocycles. The number of aliphatic carboxylic acids is 2. The molecule has 2 aromatic heterocycles. The average molecular weight is 1450 g/mol. The topological polar surface area (TPSA) is 290 Å². The summed E-state index contributed by atoms with van der Waals surface area (Å²) in [5.74, 6) is 17.4. The van der Waals surface area contributed by atoms with Gasteiger partial charge in [-0.3, -0.25) is 28.4 Å². The Kier molecular flexibility index (Phi) is 24.9. The van der Waals surface area contributed by atoms with E-state index in [2.05, 4.69) is 60.4 Å². The molecule has 26 heteroatoms. The van der Waals surface area contributed by atoms with Gasteiger partial charge in [0, 0.05) is 127 Å². The molecule has 0 radical (unpaired) electrons. The molecule has 0 spiro atoms. The second-order valence-corrected chi connectivity index (χ2v) is 29.8. The van der Waals surface area contributed by atoms with Crippen molar-refractivity contribution < 1.29 is 76.6 Å². The van der Waals surface area contributed by atoms with Crippen molar-refractivity contribution in [2.45, 2.75) is 19.6 Å². The molecule has 1 saturated heterocycles. The Morgan fingerprint density at radius 2 is 0.824 bits per heavy atom. The van der Waals surface area contributed by atoms with Crippen LogP contribution < -0.4 is 60.5 Å². The molecule has 102 heavy (non-hydrogen) atoms. The molecule has 5 N–H and O–H groups in total. The van der Waals surface area contributed by atoms with E-state index in [-0.39, 0.29) is 97.0 Å². The van der Waals surface area contributed by atoms with Crippen molar-refractivity contribution in [2.24, 2.45) is 4.99 Å². The number of hydrogen-bond acceptors (Lipinski definition) is 18. The Balaban J connectivity index is 1.08. The van der Waals surface area contributed by atoms with Crippen LogP contribution in [0.15, 0.2) is 187 Å². The lowest BCUT2D eigenvalue weighted by atomic mass is 10.1. The highest BCUT2D eigenvalue weighted by Gasteiger charge is 2.31. The van der Waals surface area contributed by atoms with Crippen LogP contribution in [0.5, 0.6) is 34.5 Å². The summed E-state index contributed by atoms with van der Waals surface area (Å²) in [7, 11) is -7.37. The van der Waals surface area contributed by atoms with Crippen molar-refractivity contribution >= 4 is 89.2 Å². The van der Waals surface area contributed by atoms with Crippen LogP contribution in [-0.2, 0) is 42.9 Å². The zero-order valence-corrected chi connectivity index (χ0v) is 59.3. The van der Waals surface area contributed by atoms with E-state index in [1.54, 1.807) is 152 Å². The lowest BCUT2D eigenvalue weighted by molar-refractivity contribution is -0.140. The molecular weight excluding hydrogens is 1380 g/mol. The number of benzene rings is 7. The number of thiocarbonyl (C=S) groups is 1. The monoisotopic (exact) mass is 1450 g/mol. The summed E-state index contributed by atoms with van der Waals surface area (Å²) in [5.41, 5.74) is 3.74. The van der Waals surface area contributed by atoms with E-state index in [1.165, 1.54) is 52.7 Å². The first-order valence-electron chi connectivity index (χ1n) is 31.6. The number of aromatic nitrogens is 2. The molecule has 520 valence electrons. The fourth-order valence-corrected chi connectivity index (χ4v) is 15.5. The molecule has 9 aromatic rings. The fourth-order valence-electron chi connectivity index (χ4n) is 11.0. The van der Waals surface area contributed by atoms with Gasteiger partial charge in [0.05, 0.1) is 50.7 Å². The minimum Gasteiger partial charge on any atom is -0.496 e. The zero-order valence-electron chi connectivity index (χ0n) is 55.8. The molecule has 0 aliphatic carbocycles. The largest absolute Gasteiger partial charge is 0.496 e. The minimum absolute atomic E-state index is 0.0525. The summed E-state index contributed by atoms with van der Waals surface area (Å²) in [6.45, 7) is 1.32. The molecule has 3 atom stereocenters. The zero-order chi connectivity index (χ0) is 72.4. The molecule has 22 nitrogen and oxygen atoms in total. The number of aliphatic imine (C=N–C) groups is 1. The van der Waals surface area contributed by atoms with Gasteiger partial charge >= 0.3 is 11.9 Å². The van der Waals surface area contributed by atoms with Crippen molar-refractivity contribution in [3.8, 4) is 70.0 Å². The number of pyridine rings is 2. The van der Waals surface area contributed by atoms with E-state index in [4.69, 9.17) is 50.6 Å². The Morgan fingerprint density at radius 1 is 0.441 bits per heavy atom. The predicted molar refractivity (Wildman–Crippen MR) is 392 cm³/mol. The Bertz CT molecular complexity index is 4760. The van der Waals surface area contributed by atoms with E-state index in [0.717, 1.165) is 0 Å². The number of carboxylic acids is 2. The third-order valence-corrected chi connectivity index (χ3v) is 21.9. The highest BCUT2D eigenvalue weighted by atomic mass is 32.1. The van der Waals surface area contributed by atoms with Gasteiger partial charge in [0.25, 0.3) is 22.1 Å². The Morgan fingerprint density at radius 3 is 1.23 bits per heavy atom. The van der Waals surface area contributed by atoms with Gasteiger partial charge in [0.1, 0.15) is 56.5 Å². The van der Waals surface area contributed by atoms with E-state index in [9.17, 15) is 48.2 Å². The Hall–Kier alpha value is -10.5. The van der Waals surface area contributed by atoms with Gasteiger partial charge < -0.3 is 53.3 Å².